The molecular weight excluding hydrogens is 164 g/mol. The van der Waals surface area contributed by atoms with Crippen LogP contribution in [0.15, 0.2) is 0 Å². The predicted molar refractivity (Wildman–Crippen MR) is 50.3 cm³/mol. The third-order valence-corrected chi connectivity index (χ3v) is 3.56. The van der Waals surface area contributed by atoms with E-state index in [-0.39, 0.29) is 5.97 Å². The van der Waals surface area contributed by atoms with E-state index in [0.29, 0.717) is 18.4 Å². The molecule has 0 amide bonds. The number of hydrogen-bond donors (Lipinski definition) is 0. The Morgan fingerprint density at radius 2 is 2.15 bits per heavy atom. The molecule has 0 atom stereocenters. The van der Waals surface area contributed by atoms with E-state index in [1.54, 1.807) is 0 Å². The van der Waals surface area contributed by atoms with E-state index in [0.717, 1.165) is 12.3 Å². The lowest BCUT2D eigenvalue weighted by Gasteiger charge is -2.62. The van der Waals surface area contributed by atoms with Crippen molar-refractivity contribution in [3.8, 4) is 0 Å². The Labute approximate surface area is 79.7 Å². The molecule has 0 aliphatic heterocycles. The smallest absolute Gasteiger partial charge is 0.305 e. The molecule has 0 aromatic rings. The van der Waals surface area contributed by atoms with E-state index in [1.807, 2.05) is 6.92 Å². The summed E-state index contributed by atoms with van der Waals surface area (Å²) in [5, 5.41) is 0. The summed E-state index contributed by atoms with van der Waals surface area (Å²) >= 11 is 0. The zero-order chi connectivity index (χ0) is 9.31. The first-order valence-electron chi connectivity index (χ1n) is 5.40. The SMILES string of the molecule is CCOC(=O)CCCC12CC(C1)C2. The van der Waals surface area contributed by atoms with Gasteiger partial charge in [0.25, 0.3) is 0 Å². The van der Waals surface area contributed by atoms with Crippen LogP contribution in [-0.4, -0.2) is 12.6 Å². The van der Waals surface area contributed by atoms with Gasteiger partial charge in [0.2, 0.25) is 0 Å². The second-order valence-electron chi connectivity index (χ2n) is 4.64. The lowest BCUT2D eigenvalue weighted by atomic mass is 9.43. The first-order valence-corrected chi connectivity index (χ1v) is 5.40. The summed E-state index contributed by atoms with van der Waals surface area (Å²) in [6.45, 7) is 2.38. The van der Waals surface area contributed by atoms with Crippen molar-refractivity contribution < 1.29 is 9.53 Å². The Hall–Kier alpha value is -0.530. The number of carbonyl (C=O) groups excluding carboxylic acids is 1. The molecule has 0 heterocycles. The summed E-state index contributed by atoms with van der Waals surface area (Å²) in [5.41, 5.74) is 0.692. The number of ether oxygens (including phenoxy) is 1. The van der Waals surface area contributed by atoms with Crippen molar-refractivity contribution in [2.75, 3.05) is 6.61 Å². The molecule has 0 N–H and O–H groups in total. The molecule has 2 bridgehead atoms. The van der Waals surface area contributed by atoms with E-state index < -0.39 is 0 Å². The summed E-state index contributed by atoms with van der Waals surface area (Å²) in [7, 11) is 0. The number of hydrogen-bond acceptors (Lipinski definition) is 2. The minimum absolute atomic E-state index is 0.0194. The highest BCUT2D eigenvalue weighted by atomic mass is 16.5. The maximum Gasteiger partial charge on any atom is 0.305 e. The average Bonchev–Trinajstić information content (AvgIpc) is 1.92. The fourth-order valence-electron chi connectivity index (χ4n) is 2.80. The Morgan fingerprint density at radius 1 is 1.46 bits per heavy atom. The quantitative estimate of drug-likeness (QED) is 0.611. The zero-order valence-corrected chi connectivity index (χ0v) is 8.34. The molecule has 2 nitrogen and oxygen atoms in total. The number of esters is 1. The van der Waals surface area contributed by atoms with Crippen molar-refractivity contribution in [1.82, 2.24) is 0 Å². The summed E-state index contributed by atoms with van der Waals surface area (Å²) in [6.07, 6.45) is 7.23. The van der Waals surface area contributed by atoms with Gasteiger partial charge in [0.05, 0.1) is 6.61 Å². The molecule has 3 saturated carbocycles. The lowest BCUT2D eigenvalue weighted by Crippen LogP contribution is -2.51. The molecule has 3 rings (SSSR count). The van der Waals surface area contributed by atoms with Crippen LogP contribution in [0.5, 0.6) is 0 Å². The Bertz CT molecular complexity index is 193. The monoisotopic (exact) mass is 182 g/mol. The number of rotatable bonds is 5. The molecule has 2 heteroatoms. The van der Waals surface area contributed by atoms with Crippen molar-refractivity contribution in [2.24, 2.45) is 11.3 Å². The molecule has 0 aromatic carbocycles. The van der Waals surface area contributed by atoms with Gasteiger partial charge in [-0.05, 0) is 50.4 Å². The third-order valence-electron chi connectivity index (χ3n) is 3.56. The molecule has 0 spiro atoms. The van der Waals surface area contributed by atoms with Crippen LogP contribution < -0.4 is 0 Å². The fourth-order valence-corrected chi connectivity index (χ4v) is 2.80. The summed E-state index contributed by atoms with van der Waals surface area (Å²) in [5.74, 6) is 1.04. The second kappa shape index (κ2) is 3.32. The molecule has 3 aliphatic carbocycles. The average molecular weight is 182 g/mol. The van der Waals surface area contributed by atoms with Crippen LogP contribution in [0.1, 0.15) is 45.4 Å². The van der Waals surface area contributed by atoms with E-state index in [4.69, 9.17) is 4.74 Å². The topological polar surface area (TPSA) is 26.3 Å². The molecule has 3 aliphatic rings. The highest BCUT2D eigenvalue weighted by molar-refractivity contribution is 5.69. The van der Waals surface area contributed by atoms with Crippen LogP contribution in [0, 0.1) is 11.3 Å². The van der Waals surface area contributed by atoms with Gasteiger partial charge in [0, 0.05) is 6.42 Å². The minimum Gasteiger partial charge on any atom is -0.466 e. The van der Waals surface area contributed by atoms with Gasteiger partial charge in [-0.3, -0.25) is 4.79 Å². The standard InChI is InChI=1S/C11H18O2/c1-2-13-10(12)4-3-5-11-6-9(7-11)8-11/h9H,2-8H2,1H3. The molecular formula is C11H18O2. The van der Waals surface area contributed by atoms with Crippen LogP contribution in [0.3, 0.4) is 0 Å². The largest absolute Gasteiger partial charge is 0.466 e. The summed E-state index contributed by atoms with van der Waals surface area (Å²) < 4.78 is 4.88. The Balaban J connectivity index is 1.56. The van der Waals surface area contributed by atoms with Gasteiger partial charge in [-0.1, -0.05) is 0 Å². The van der Waals surface area contributed by atoms with Crippen molar-refractivity contribution in [2.45, 2.75) is 45.4 Å². The lowest BCUT2D eigenvalue weighted by molar-refractivity contribution is -0.144. The fraction of sp³-hybridized carbons (Fsp3) is 0.909. The maximum atomic E-state index is 11.0. The summed E-state index contributed by atoms with van der Waals surface area (Å²) in [6, 6.07) is 0. The van der Waals surface area contributed by atoms with Gasteiger partial charge in [-0.25, -0.2) is 0 Å². The van der Waals surface area contributed by atoms with Crippen LogP contribution in [0.25, 0.3) is 0 Å². The van der Waals surface area contributed by atoms with Gasteiger partial charge in [-0.15, -0.1) is 0 Å². The Morgan fingerprint density at radius 3 is 2.62 bits per heavy atom. The van der Waals surface area contributed by atoms with Gasteiger partial charge >= 0.3 is 5.97 Å². The van der Waals surface area contributed by atoms with Crippen LogP contribution in [0.4, 0.5) is 0 Å². The molecule has 3 fully saturated rings. The molecule has 0 unspecified atom stereocenters. The van der Waals surface area contributed by atoms with Crippen LogP contribution in [-0.2, 0) is 9.53 Å². The number of carbonyl (C=O) groups is 1. The van der Waals surface area contributed by atoms with Crippen molar-refractivity contribution in [1.29, 1.82) is 0 Å². The van der Waals surface area contributed by atoms with Crippen molar-refractivity contribution in [3.05, 3.63) is 0 Å². The first-order chi connectivity index (χ1) is 6.24. The molecule has 13 heavy (non-hydrogen) atoms. The molecule has 74 valence electrons. The Kier molecular flexibility index (Phi) is 2.31. The first kappa shape index (κ1) is 9.04. The van der Waals surface area contributed by atoms with Crippen LogP contribution >= 0.6 is 0 Å². The molecule has 0 radical (unpaired) electrons. The van der Waals surface area contributed by atoms with Gasteiger partial charge in [0.1, 0.15) is 0 Å². The minimum atomic E-state index is -0.0194. The van der Waals surface area contributed by atoms with Crippen molar-refractivity contribution >= 4 is 5.97 Å². The highest BCUT2D eigenvalue weighted by Gasteiger charge is 2.55. The van der Waals surface area contributed by atoms with Crippen molar-refractivity contribution in [3.63, 3.8) is 0 Å². The third kappa shape index (κ3) is 1.72. The summed E-state index contributed by atoms with van der Waals surface area (Å²) in [4.78, 5) is 11.0. The second-order valence-corrected chi connectivity index (χ2v) is 4.64. The van der Waals surface area contributed by atoms with E-state index in [9.17, 15) is 4.79 Å². The van der Waals surface area contributed by atoms with Gasteiger partial charge in [0.15, 0.2) is 0 Å². The molecule has 0 aromatic heterocycles. The molecule has 0 saturated heterocycles. The van der Waals surface area contributed by atoms with E-state index >= 15 is 0 Å². The van der Waals surface area contributed by atoms with Gasteiger partial charge in [-0.2, -0.15) is 0 Å². The predicted octanol–water partition coefficient (Wildman–Crippen LogP) is 2.52. The normalized spacial score (nSPS) is 34.7. The maximum absolute atomic E-state index is 11.0. The highest BCUT2D eigenvalue weighted by Crippen LogP contribution is 2.66. The zero-order valence-electron chi connectivity index (χ0n) is 8.34. The van der Waals surface area contributed by atoms with E-state index in [1.165, 1.54) is 25.7 Å². The van der Waals surface area contributed by atoms with E-state index in [2.05, 4.69) is 0 Å². The van der Waals surface area contributed by atoms with Gasteiger partial charge < -0.3 is 4.74 Å². The van der Waals surface area contributed by atoms with Crippen LogP contribution in [0.2, 0.25) is 0 Å².